The number of carbonyl (C=O) groups is 1. The molecule has 0 spiro atoms. The molecule has 55 heavy (non-hydrogen) atoms. The highest BCUT2D eigenvalue weighted by Gasteiger charge is 2.42. The van der Waals surface area contributed by atoms with Crippen molar-refractivity contribution in [3.63, 3.8) is 0 Å². The second kappa shape index (κ2) is 18.9. The van der Waals surface area contributed by atoms with Gasteiger partial charge in [0.05, 0.1) is 55.3 Å². The number of hydrogen-bond donors (Lipinski definition) is 2. The van der Waals surface area contributed by atoms with Crippen LogP contribution in [0.25, 0.3) is 11.0 Å². The summed E-state index contributed by atoms with van der Waals surface area (Å²) in [5, 5.41) is 4.81. The van der Waals surface area contributed by atoms with Gasteiger partial charge >= 0.3 is 0 Å². The molecule has 300 valence electrons. The minimum Gasteiger partial charge on any atom is -0.493 e. The zero-order valence-corrected chi connectivity index (χ0v) is 34.3. The van der Waals surface area contributed by atoms with Crippen LogP contribution in [0.15, 0.2) is 54.6 Å². The SMILES string of the molecule is CCOCCn1c(NC2CCN(CCC3(c4ccc(Cl)c(Cl)c4)CCN(C(=O)c4cc(OC)c(OC)c(OC)c4)C3)CC2)nc2ccccc21.CS(=O)(=O)O. The lowest BCUT2D eigenvalue weighted by Gasteiger charge is -2.36. The summed E-state index contributed by atoms with van der Waals surface area (Å²) in [6.07, 6.45) is 4.44. The first-order valence-electron chi connectivity index (χ1n) is 18.3. The van der Waals surface area contributed by atoms with Crippen LogP contribution >= 0.6 is 23.2 Å². The fourth-order valence-electron chi connectivity index (χ4n) is 7.41. The fraction of sp³-hybridized carbons (Fsp3) is 0.487. The summed E-state index contributed by atoms with van der Waals surface area (Å²) in [7, 11) is 0.988. The van der Waals surface area contributed by atoms with Gasteiger partial charge in [0.1, 0.15) is 0 Å². The highest BCUT2D eigenvalue weighted by molar-refractivity contribution is 7.85. The van der Waals surface area contributed by atoms with Gasteiger partial charge in [-0.15, -0.1) is 0 Å². The quantitative estimate of drug-likeness (QED) is 0.104. The van der Waals surface area contributed by atoms with Crippen molar-refractivity contribution < 1.29 is 36.7 Å². The van der Waals surface area contributed by atoms with Gasteiger partial charge in [0.15, 0.2) is 11.5 Å². The van der Waals surface area contributed by atoms with Crippen LogP contribution in [0.5, 0.6) is 17.2 Å². The van der Waals surface area contributed by atoms with Gasteiger partial charge in [0.25, 0.3) is 16.0 Å². The van der Waals surface area contributed by atoms with Gasteiger partial charge in [-0.1, -0.05) is 41.4 Å². The maximum absolute atomic E-state index is 14.0. The summed E-state index contributed by atoms with van der Waals surface area (Å²) in [6, 6.07) is 17.9. The number of para-hydroxylation sites is 2. The Balaban J connectivity index is 0.00000109. The van der Waals surface area contributed by atoms with Gasteiger partial charge in [-0.05, 0) is 81.1 Å². The first-order chi connectivity index (χ1) is 26.3. The number of hydrogen-bond acceptors (Lipinski definition) is 10. The molecule has 2 N–H and O–H groups in total. The minimum absolute atomic E-state index is 0.0784. The largest absolute Gasteiger partial charge is 0.493 e. The van der Waals surface area contributed by atoms with Crippen molar-refractivity contribution in [2.75, 3.05) is 78.8 Å². The molecule has 3 heterocycles. The van der Waals surface area contributed by atoms with Crippen LogP contribution in [-0.2, 0) is 26.8 Å². The number of fused-ring (bicyclic) bond motifs is 1. The molecule has 2 aliphatic rings. The fourth-order valence-corrected chi connectivity index (χ4v) is 7.71. The van der Waals surface area contributed by atoms with Gasteiger partial charge < -0.3 is 38.6 Å². The number of nitrogens with one attached hydrogen (secondary N) is 1. The second-order valence-corrected chi connectivity index (χ2v) is 16.1. The van der Waals surface area contributed by atoms with Crippen molar-refractivity contribution in [1.82, 2.24) is 19.4 Å². The lowest BCUT2D eigenvalue weighted by Crippen LogP contribution is -2.42. The zero-order valence-electron chi connectivity index (χ0n) is 32.0. The van der Waals surface area contributed by atoms with E-state index in [2.05, 4.69) is 39.0 Å². The van der Waals surface area contributed by atoms with E-state index < -0.39 is 10.1 Å². The Morgan fingerprint density at radius 2 is 1.64 bits per heavy atom. The van der Waals surface area contributed by atoms with E-state index in [1.54, 1.807) is 33.5 Å². The van der Waals surface area contributed by atoms with Gasteiger partial charge in [-0.2, -0.15) is 8.42 Å². The highest BCUT2D eigenvalue weighted by atomic mass is 35.5. The van der Waals surface area contributed by atoms with E-state index in [-0.39, 0.29) is 11.3 Å². The predicted molar refractivity (Wildman–Crippen MR) is 216 cm³/mol. The summed E-state index contributed by atoms with van der Waals surface area (Å²) in [6.45, 7) is 8.16. The van der Waals surface area contributed by atoms with Crippen molar-refractivity contribution >= 4 is 56.2 Å². The number of rotatable bonds is 14. The molecule has 3 aromatic carbocycles. The van der Waals surface area contributed by atoms with Crippen molar-refractivity contribution in [2.45, 2.75) is 50.6 Å². The Kier molecular flexibility index (Phi) is 14.6. The lowest BCUT2D eigenvalue weighted by molar-refractivity contribution is 0.0779. The molecule has 2 aliphatic heterocycles. The lowest BCUT2D eigenvalue weighted by atomic mass is 9.76. The van der Waals surface area contributed by atoms with Crippen LogP contribution in [0.3, 0.4) is 0 Å². The number of carbonyl (C=O) groups excluding carboxylic acids is 1. The molecule has 16 heteroatoms. The smallest absolute Gasteiger partial charge is 0.261 e. The summed E-state index contributed by atoms with van der Waals surface area (Å²) >= 11 is 12.9. The molecule has 13 nitrogen and oxygen atoms in total. The number of imidazole rings is 1. The minimum atomic E-state index is -3.67. The van der Waals surface area contributed by atoms with Crippen molar-refractivity contribution in [3.05, 3.63) is 75.8 Å². The molecule has 0 aliphatic carbocycles. The van der Waals surface area contributed by atoms with E-state index in [1.165, 1.54) is 0 Å². The van der Waals surface area contributed by atoms with Gasteiger partial charge in [0.2, 0.25) is 11.7 Å². The molecule has 1 aromatic heterocycles. The van der Waals surface area contributed by atoms with Crippen LogP contribution in [0.4, 0.5) is 5.95 Å². The average Bonchev–Trinajstić information content (AvgIpc) is 3.76. The Hall–Kier alpha value is -3.79. The van der Waals surface area contributed by atoms with Gasteiger partial charge in [0, 0.05) is 56.4 Å². The Morgan fingerprint density at radius 3 is 2.25 bits per heavy atom. The van der Waals surface area contributed by atoms with E-state index >= 15 is 0 Å². The first kappa shape index (κ1) is 42.4. The Morgan fingerprint density at radius 1 is 0.964 bits per heavy atom. The third-order valence-corrected chi connectivity index (χ3v) is 11.0. The number of halogens is 2. The molecule has 6 rings (SSSR count). The molecule has 0 bridgehead atoms. The number of piperidine rings is 1. The average molecular weight is 821 g/mol. The zero-order chi connectivity index (χ0) is 39.8. The summed E-state index contributed by atoms with van der Waals surface area (Å²) in [5.41, 5.74) is 3.44. The number of likely N-dealkylation sites (tertiary alicyclic amines) is 2. The van der Waals surface area contributed by atoms with E-state index in [0.717, 1.165) is 74.4 Å². The number of anilines is 1. The first-order valence-corrected chi connectivity index (χ1v) is 20.9. The van der Waals surface area contributed by atoms with E-state index in [0.29, 0.717) is 71.5 Å². The summed E-state index contributed by atoms with van der Waals surface area (Å²) < 4.78 is 50.3. The van der Waals surface area contributed by atoms with Crippen LogP contribution in [-0.4, -0.2) is 118 Å². The maximum Gasteiger partial charge on any atom is 0.261 e. The molecule has 1 atom stereocenters. The maximum atomic E-state index is 14.0. The Bertz CT molecular complexity index is 2010. The normalized spacial score (nSPS) is 17.9. The molecular weight excluding hydrogens is 769 g/mol. The van der Waals surface area contributed by atoms with Crippen molar-refractivity contribution in [3.8, 4) is 17.2 Å². The highest BCUT2D eigenvalue weighted by Crippen LogP contribution is 2.43. The van der Waals surface area contributed by atoms with Crippen LogP contribution in [0.1, 0.15) is 48.5 Å². The third-order valence-electron chi connectivity index (χ3n) is 10.2. The number of aromatic nitrogens is 2. The van der Waals surface area contributed by atoms with Crippen LogP contribution < -0.4 is 19.5 Å². The van der Waals surface area contributed by atoms with Crippen molar-refractivity contribution in [1.29, 1.82) is 0 Å². The topological polar surface area (TPSA) is 145 Å². The molecule has 2 fully saturated rings. The molecule has 0 radical (unpaired) electrons. The van der Waals surface area contributed by atoms with Gasteiger partial charge in [-0.3, -0.25) is 9.35 Å². The molecule has 0 saturated carbocycles. The number of ether oxygens (including phenoxy) is 4. The van der Waals surface area contributed by atoms with Crippen molar-refractivity contribution in [2.24, 2.45) is 0 Å². The molecule has 1 unspecified atom stereocenters. The molecule has 4 aromatic rings. The molecule has 1 amide bonds. The monoisotopic (exact) mass is 819 g/mol. The van der Waals surface area contributed by atoms with E-state index in [1.807, 2.05) is 30.0 Å². The standard InChI is InChI=1S/C38H47Cl2N5O5.CH4O3S/c1-5-50-21-20-45-32-9-7-6-8-31(32)42-37(45)41-28-12-16-43(17-13-28)18-14-38(27-10-11-29(39)30(40)24-27)15-19-44(25-38)36(46)26-22-33(47-2)35(49-4)34(23-26)48-3;1-5(2,3)4/h6-11,22-24,28H,5,12-21,25H2,1-4H3,(H,41,42);1H3,(H,2,3,4). The Labute approximate surface area is 333 Å². The third kappa shape index (κ3) is 10.7. The summed E-state index contributed by atoms with van der Waals surface area (Å²) in [5.74, 6) is 2.19. The summed E-state index contributed by atoms with van der Waals surface area (Å²) in [4.78, 5) is 23.4. The van der Waals surface area contributed by atoms with Crippen LogP contribution in [0.2, 0.25) is 10.0 Å². The number of benzene rings is 3. The van der Waals surface area contributed by atoms with Gasteiger partial charge in [-0.25, -0.2) is 4.98 Å². The molecular formula is C39H51Cl2N5O8S. The molecule has 2 saturated heterocycles. The number of methoxy groups -OCH3 is 3. The number of amides is 1. The van der Waals surface area contributed by atoms with E-state index in [9.17, 15) is 13.2 Å². The number of nitrogens with zero attached hydrogens (tertiary/aromatic N) is 4. The second-order valence-electron chi connectivity index (χ2n) is 13.8. The predicted octanol–water partition coefficient (Wildman–Crippen LogP) is 6.66. The van der Waals surface area contributed by atoms with E-state index in [4.69, 9.17) is 51.7 Å². The van der Waals surface area contributed by atoms with Crippen LogP contribution in [0, 0.1) is 0 Å².